The van der Waals surface area contributed by atoms with Gasteiger partial charge in [0.2, 0.25) is 0 Å². The highest BCUT2D eigenvalue weighted by atomic mass is 16.2. The summed E-state index contributed by atoms with van der Waals surface area (Å²) >= 11 is 0. The Labute approximate surface area is 60.5 Å². The van der Waals surface area contributed by atoms with Crippen LogP contribution in [0.15, 0.2) is 0 Å². The van der Waals surface area contributed by atoms with Crippen molar-refractivity contribution in [2.75, 3.05) is 6.54 Å². The average molecular weight is 143 g/mol. The fourth-order valence-corrected chi connectivity index (χ4v) is 0.784. The van der Waals surface area contributed by atoms with E-state index in [1.165, 1.54) is 0 Å². The summed E-state index contributed by atoms with van der Waals surface area (Å²) in [6.45, 7) is 6.46. The van der Waals surface area contributed by atoms with Gasteiger partial charge < -0.3 is 5.32 Å². The van der Waals surface area contributed by atoms with Crippen LogP contribution in [0.1, 0.15) is 20.8 Å². The number of hydrogen-bond acceptors (Lipinski definition) is 2. The molecular weight excluding hydrogens is 130 g/mol. The molecule has 0 aromatic rings. The molecule has 1 aliphatic rings. The summed E-state index contributed by atoms with van der Waals surface area (Å²) in [4.78, 5) is 11.0. The van der Waals surface area contributed by atoms with Gasteiger partial charge in [-0.25, -0.2) is 15.2 Å². The molecule has 1 aliphatic heterocycles. The molecule has 1 fully saturated rings. The highest BCUT2D eigenvalue weighted by molar-refractivity contribution is 5.76. The van der Waals surface area contributed by atoms with Crippen molar-refractivity contribution in [3.8, 4) is 0 Å². The topological polar surface area (TPSA) is 54.0 Å². The maximum absolute atomic E-state index is 11.0. The van der Waals surface area contributed by atoms with Crippen molar-refractivity contribution < 1.29 is 4.79 Å². The van der Waals surface area contributed by atoms with E-state index >= 15 is 0 Å². The highest BCUT2D eigenvalue weighted by Crippen LogP contribution is 2.22. The number of hydrazine groups is 1. The normalized spacial score (nSPS) is 20.5. The molecule has 0 atom stereocenters. The molecule has 4 heteroatoms. The zero-order valence-corrected chi connectivity index (χ0v) is 6.56. The van der Waals surface area contributed by atoms with E-state index in [0.717, 1.165) is 0 Å². The zero-order valence-electron chi connectivity index (χ0n) is 6.56. The van der Waals surface area contributed by atoms with E-state index in [0.29, 0.717) is 6.54 Å². The second-order valence-electron chi connectivity index (χ2n) is 2.84. The largest absolute Gasteiger partial charge is 0.337 e. The Kier molecular flexibility index (Phi) is 1.56. The van der Waals surface area contributed by atoms with Crippen LogP contribution in [0.4, 0.5) is 4.79 Å². The van der Waals surface area contributed by atoms with E-state index in [9.17, 15) is 4.79 Å². The summed E-state index contributed by atoms with van der Waals surface area (Å²) in [5.41, 5.74) is 2.77. The molecule has 2 amide bonds. The minimum absolute atomic E-state index is 0.0486. The van der Waals surface area contributed by atoms with Gasteiger partial charge in [-0.05, 0) is 20.8 Å². The van der Waals surface area contributed by atoms with Crippen molar-refractivity contribution in [2.24, 2.45) is 0 Å². The quantitative estimate of drug-likeness (QED) is 0.518. The summed E-state index contributed by atoms with van der Waals surface area (Å²) in [7, 11) is 0. The molecule has 1 heterocycles. The van der Waals surface area contributed by atoms with E-state index in [1.807, 2.05) is 20.8 Å². The predicted molar refractivity (Wildman–Crippen MR) is 38.1 cm³/mol. The third kappa shape index (κ3) is 1.21. The van der Waals surface area contributed by atoms with Crippen LogP contribution >= 0.6 is 0 Å². The number of hydrogen-bond donors (Lipinski definition) is 2. The Morgan fingerprint density at radius 2 is 2.20 bits per heavy atom. The Morgan fingerprint density at radius 1 is 1.70 bits per heavy atom. The molecule has 0 aromatic heterocycles. The van der Waals surface area contributed by atoms with Crippen molar-refractivity contribution >= 4 is 6.03 Å². The maximum Gasteiger partial charge on any atom is 0.333 e. The lowest BCUT2D eigenvalue weighted by molar-refractivity contribution is 0.222. The second-order valence-corrected chi connectivity index (χ2v) is 2.84. The number of urea groups is 1. The minimum atomic E-state index is -0.140. The molecule has 1 rings (SSSR count). The van der Waals surface area contributed by atoms with Crippen molar-refractivity contribution in [3.05, 3.63) is 0 Å². The smallest absolute Gasteiger partial charge is 0.333 e. The van der Waals surface area contributed by atoms with Gasteiger partial charge in [-0.3, -0.25) is 0 Å². The number of nitrogens with one attached hydrogen (secondary N) is 2. The monoisotopic (exact) mass is 143 g/mol. The standard InChI is InChI=1S/C6H13N3O/c1-4-7-5(10)9-6(2,3)8-9/h8H,4H2,1-3H3,(H,7,10). The van der Waals surface area contributed by atoms with Gasteiger partial charge in [0.1, 0.15) is 5.66 Å². The van der Waals surface area contributed by atoms with E-state index in [4.69, 9.17) is 0 Å². The molecule has 4 nitrogen and oxygen atoms in total. The molecular formula is C6H13N3O. The molecule has 1 saturated heterocycles. The van der Waals surface area contributed by atoms with E-state index < -0.39 is 0 Å². The van der Waals surface area contributed by atoms with Crippen LogP contribution < -0.4 is 10.7 Å². The number of amides is 2. The Bertz CT molecular complexity index is 155. The van der Waals surface area contributed by atoms with Gasteiger partial charge >= 0.3 is 6.03 Å². The van der Waals surface area contributed by atoms with Gasteiger partial charge in [0, 0.05) is 6.54 Å². The van der Waals surface area contributed by atoms with E-state index in [1.54, 1.807) is 5.01 Å². The molecule has 10 heavy (non-hydrogen) atoms. The molecule has 58 valence electrons. The van der Waals surface area contributed by atoms with Crippen LogP contribution in [0.25, 0.3) is 0 Å². The molecule has 0 unspecified atom stereocenters. The summed E-state index contributed by atoms with van der Waals surface area (Å²) in [5.74, 6) is 0. The van der Waals surface area contributed by atoms with E-state index in [2.05, 4.69) is 10.7 Å². The first-order valence-corrected chi connectivity index (χ1v) is 3.44. The molecule has 2 N–H and O–H groups in total. The van der Waals surface area contributed by atoms with Crippen LogP contribution in [0, 0.1) is 0 Å². The molecule has 0 aliphatic carbocycles. The SMILES string of the molecule is CCNC(=O)N1NC1(C)C. The fourth-order valence-electron chi connectivity index (χ4n) is 0.784. The zero-order chi connectivity index (χ0) is 7.78. The first-order valence-electron chi connectivity index (χ1n) is 3.44. The molecule has 0 aromatic carbocycles. The van der Waals surface area contributed by atoms with Crippen LogP contribution in [0.3, 0.4) is 0 Å². The van der Waals surface area contributed by atoms with Crippen LogP contribution in [0.2, 0.25) is 0 Å². The predicted octanol–water partition coefficient (Wildman–Crippen LogP) is 0.272. The molecule has 0 saturated carbocycles. The first-order chi connectivity index (χ1) is 4.58. The molecule has 0 spiro atoms. The van der Waals surface area contributed by atoms with Crippen molar-refractivity contribution in [1.29, 1.82) is 0 Å². The van der Waals surface area contributed by atoms with Crippen LogP contribution in [0.5, 0.6) is 0 Å². The lowest BCUT2D eigenvalue weighted by atomic mass is 10.3. The highest BCUT2D eigenvalue weighted by Gasteiger charge is 2.46. The van der Waals surface area contributed by atoms with E-state index in [-0.39, 0.29) is 11.7 Å². The number of carbonyl (C=O) groups excluding carboxylic acids is 1. The Balaban J connectivity index is 2.33. The van der Waals surface area contributed by atoms with Crippen LogP contribution in [-0.2, 0) is 0 Å². The number of nitrogens with zero attached hydrogens (tertiary/aromatic N) is 1. The first kappa shape index (κ1) is 7.34. The van der Waals surface area contributed by atoms with Gasteiger partial charge in [0.05, 0.1) is 0 Å². The summed E-state index contributed by atoms with van der Waals surface area (Å²) in [5, 5.41) is 4.25. The maximum atomic E-state index is 11.0. The average Bonchev–Trinajstić information content (AvgIpc) is 2.41. The lowest BCUT2D eigenvalue weighted by Crippen LogP contribution is -2.31. The summed E-state index contributed by atoms with van der Waals surface area (Å²) in [6.07, 6.45) is 0. The van der Waals surface area contributed by atoms with Gasteiger partial charge in [-0.15, -0.1) is 0 Å². The lowest BCUT2D eigenvalue weighted by Gasteiger charge is -2.02. The van der Waals surface area contributed by atoms with Crippen molar-refractivity contribution in [1.82, 2.24) is 15.8 Å². The van der Waals surface area contributed by atoms with Gasteiger partial charge in [-0.1, -0.05) is 0 Å². The summed E-state index contributed by atoms with van der Waals surface area (Å²) in [6, 6.07) is -0.0486. The second kappa shape index (κ2) is 2.12. The Morgan fingerprint density at radius 3 is 2.50 bits per heavy atom. The fraction of sp³-hybridized carbons (Fsp3) is 0.833. The molecule has 0 radical (unpaired) electrons. The number of carbonyl (C=O) groups is 1. The van der Waals surface area contributed by atoms with Gasteiger partial charge in [0.25, 0.3) is 0 Å². The Hall–Kier alpha value is -0.770. The van der Waals surface area contributed by atoms with Crippen LogP contribution in [-0.4, -0.2) is 23.2 Å². The number of rotatable bonds is 1. The molecule has 0 bridgehead atoms. The van der Waals surface area contributed by atoms with Gasteiger partial charge in [0.15, 0.2) is 0 Å². The van der Waals surface area contributed by atoms with Crippen molar-refractivity contribution in [3.63, 3.8) is 0 Å². The van der Waals surface area contributed by atoms with Crippen molar-refractivity contribution in [2.45, 2.75) is 26.4 Å². The minimum Gasteiger partial charge on any atom is -0.337 e. The third-order valence-electron chi connectivity index (χ3n) is 1.43. The third-order valence-corrected chi connectivity index (χ3v) is 1.43. The summed E-state index contributed by atoms with van der Waals surface area (Å²) < 4.78 is 0. The van der Waals surface area contributed by atoms with Gasteiger partial charge in [-0.2, -0.15) is 0 Å².